The topological polar surface area (TPSA) is 107 Å². The van der Waals surface area contributed by atoms with Crippen molar-refractivity contribution in [2.45, 2.75) is 26.1 Å². The number of benzene rings is 3. The van der Waals surface area contributed by atoms with E-state index in [0.29, 0.717) is 60.6 Å². The summed E-state index contributed by atoms with van der Waals surface area (Å²) < 4.78 is 23.3. The molecule has 1 aromatic heterocycles. The van der Waals surface area contributed by atoms with E-state index >= 15 is 0 Å². The van der Waals surface area contributed by atoms with Crippen LogP contribution in [0.5, 0.6) is 23.0 Å². The van der Waals surface area contributed by atoms with Crippen molar-refractivity contribution in [1.29, 1.82) is 0 Å². The van der Waals surface area contributed by atoms with E-state index in [-0.39, 0.29) is 17.9 Å². The molecule has 3 heterocycles. The van der Waals surface area contributed by atoms with Crippen molar-refractivity contribution in [1.82, 2.24) is 9.88 Å². The number of Topliss-reactive ketones (excluding diaryl/α,β-unsaturated/α-hetero) is 1. The molecule has 3 aromatic carbocycles. The summed E-state index contributed by atoms with van der Waals surface area (Å²) in [5.74, 6) is 0.176. The molecule has 218 valence electrons. The molecule has 4 aromatic rings. The predicted octanol–water partition coefficient (Wildman–Crippen LogP) is 5.45. The average molecular weight is 579 g/mol. The maximum absolute atomic E-state index is 13.6. The van der Waals surface area contributed by atoms with Gasteiger partial charge in [0.15, 0.2) is 23.0 Å². The number of fused-ring (bicyclic) bond motifs is 1. The molecule has 0 bridgehead atoms. The van der Waals surface area contributed by atoms with Crippen molar-refractivity contribution in [3.63, 3.8) is 0 Å². The quantitative estimate of drug-likeness (QED) is 0.159. The zero-order valence-corrected chi connectivity index (χ0v) is 23.6. The van der Waals surface area contributed by atoms with Crippen LogP contribution in [0.25, 0.3) is 5.76 Å². The molecule has 0 radical (unpaired) electrons. The maximum Gasteiger partial charge on any atom is 0.295 e. The third kappa shape index (κ3) is 5.74. The number of aliphatic hydroxyl groups excluding tert-OH is 1. The Hall–Kier alpha value is -5.31. The van der Waals surface area contributed by atoms with E-state index in [1.165, 1.54) is 4.90 Å². The van der Waals surface area contributed by atoms with E-state index in [1.807, 2.05) is 37.3 Å². The number of aliphatic hydroxyl groups is 1. The standard InChI is InChI=1S/C34H30N2O7/c1-2-40-28-18-24(8-10-27(28)43-21-23-6-4-3-5-7-23)31-30(32(37)25-9-11-26-29(19-25)42-17-16-41-26)33(38)34(39)36(31)20-22-12-14-35-15-13-22/h3-15,18-19,31,37H,2,16-17,20-21H2,1H3/b32-30-. The van der Waals surface area contributed by atoms with Gasteiger partial charge in [0, 0.05) is 24.5 Å². The van der Waals surface area contributed by atoms with Crippen molar-refractivity contribution in [3.05, 3.63) is 119 Å². The monoisotopic (exact) mass is 578 g/mol. The lowest BCUT2D eigenvalue weighted by molar-refractivity contribution is -0.140. The zero-order valence-electron chi connectivity index (χ0n) is 23.6. The number of amides is 1. The van der Waals surface area contributed by atoms with Gasteiger partial charge in [-0.15, -0.1) is 0 Å². The lowest BCUT2D eigenvalue weighted by atomic mass is 9.94. The molecule has 1 amide bonds. The fourth-order valence-electron chi connectivity index (χ4n) is 5.24. The summed E-state index contributed by atoms with van der Waals surface area (Å²) in [4.78, 5) is 32.6. The summed E-state index contributed by atoms with van der Waals surface area (Å²) in [6, 6.07) is 22.7. The smallest absolute Gasteiger partial charge is 0.295 e. The van der Waals surface area contributed by atoms with Crippen LogP contribution in [0.15, 0.2) is 96.8 Å². The molecule has 1 N–H and O–H groups in total. The van der Waals surface area contributed by atoms with Gasteiger partial charge in [0.05, 0.1) is 18.2 Å². The van der Waals surface area contributed by atoms with Gasteiger partial charge >= 0.3 is 0 Å². The average Bonchev–Trinajstić information content (AvgIpc) is 3.29. The van der Waals surface area contributed by atoms with Crippen LogP contribution in [0.3, 0.4) is 0 Å². The highest BCUT2D eigenvalue weighted by atomic mass is 16.6. The number of ether oxygens (including phenoxy) is 4. The highest BCUT2D eigenvalue weighted by Gasteiger charge is 2.46. The van der Waals surface area contributed by atoms with Crippen LogP contribution in [-0.2, 0) is 22.7 Å². The van der Waals surface area contributed by atoms with Crippen molar-refractivity contribution >= 4 is 17.4 Å². The predicted molar refractivity (Wildman–Crippen MR) is 158 cm³/mol. The minimum Gasteiger partial charge on any atom is -0.507 e. The molecule has 2 aliphatic rings. The summed E-state index contributed by atoms with van der Waals surface area (Å²) in [5, 5.41) is 11.6. The molecular formula is C34H30N2O7. The molecule has 0 saturated carbocycles. The van der Waals surface area contributed by atoms with Crippen LogP contribution >= 0.6 is 0 Å². The van der Waals surface area contributed by atoms with E-state index in [9.17, 15) is 14.7 Å². The van der Waals surface area contributed by atoms with Crippen LogP contribution in [0.4, 0.5) is 0 Å². The second-order valence-electron chi connectivity index (χ2n) is 10.1. The number of carbonyl (C=O) groups excluding carboxylic acids is 2. The number of hydrogen-bond donors (Lipinski definition) is 1. The van der Waals surface area contributed by atoms with Gasteiger partial charge in [0.25, 0.3) is 11.7 Å². The molecule has 1 saturated heterocycles. The van der Waals surface area contributed by atoms with Crippen LogP contribution in [0.2, 0.25) is 0 Å². The van der Waals surface area contributed by atoms with Crippen LogP contribution in [-0.4, -0.2) is 46.5 Å². The summed E-state index contributed by atoms with van der Waals surface area (Å²) in [6.07, 6.45) is 3.25. The van der Waals surface area contributed by atoms with Crippen molar-refractivity contribution in [2.24, 2.45) is 0 Å². The Labute approximate surface area is 248 Å². The van der Waals surface area contributed by atoms with Gasteiger partial charge in [-0.05, 0) is 66.1 Å². The number of nitrogens with zero attached hydrogens (tertiary/aromatic N) is 2. The Morgan fingerprint density at radius 2 is 1.65 bits per heavy atom. The van der Waals surface area contributed by atoms with Crippen LogP contribution in [0, 0.1) is 0 Å². The largest absolute Gasteiger partial charge is 0.507 e. The highest BCUT2D eigenvalue weighted by molar-refractivity contribution is 6.46. The number of aromatic nitrogens is 1. The number of pyridine rings is 1. The van der Waals surface area contributed by atoms with E-state index in [1.54, 1.807) is 60.9 Å². The van der Waals surface area contributed by atoms with Crippen molar-refractivity contribution in [2.75, 3.05) is 19.8 Å². The van der Waals surface area contributed by atoms with Crippen molar-refractivity contribution < 1.29 is 33.6 Å². The van der Waals surface area contributed by atoms with E-state index in [0.717, 1.165) is 11.1 Å². The van der Waals surface area contributed by atoms with Gasteiger partial charge in [0.2, 0.25) is 0 Å². The fraction of sp³-hybridized carbons (Fsp3) is 0.206. The molecule has 9 nitrogen and oxygen atoms in total. The van der Waals surface area contributed by atoms with E-state index in [2.05, 4.69) is 4.98 Å². The Kier molecular flexibility index (Phi) is 7.95. The van der Waals surface area contributed by atoms with Gasteiger partial charge in [-0.25, -0.2) is 0 Å². The molecule has 1 atom stereocenters. The summed E-state index contributed by atoms with van der Waals surface area (Å²) in [7, 11) is 0. The first-order chi connectivity index (χ1) is 21.0. The highest BCUT2D eigenvalue weighted by Crippen LogP contribution is 2.44. The molecule has 1 unspecified atom stereocenters. The number of carbonyl (C=O) groups is 2. The third-order valence-corrected chi connectivity index (χ3v) is 7.28. The SMILES string of the molecule is CCOc1cc(C2/C(=C(/O)c3ccc4c(c3)OCCO4)C(=O)C(=O)N2Cc2ccncc2)ccc1OCc1ccccc1. The number of rotatable bonds is 9. The molecular weight excluding hydrogens is 548 g/mol. The Bertz CT molecular complexity index is 1670. The zero-order chi connectivity index (χ0) is 29.8. The minimum atomic E-state index is -0.899. The maximum atomic E-state index is 13.6. The lowest BCUT2D eigenvalue weighted by Gasteiger charge is -2.26. The van der Waals surface area contributed by atoms with Gasteiger partial charge < -0.3 is 29.0 Å². The first kappa shape index (κ1) is 27.8. The minimum absolute atomic E-state index is 0.0314. The molecule has 1 fully saturated rings. The van der Waals surface area contributed by atoms with Gasteiger partial charge in [0.1, 0.15) is 25.6 Å². The third-order valence-electron chi connectivity index (χ3n) is 7.28. The summed E-state index contributed by atoms with van der Waals surface area (Å²) in [5.41, 5.74) is 2.68. The van der Waals surface area contributed by atoms with Gasteiger partial charge in [-0.2, -0.15) is 0 Å². The first-order valence-corrected chi connectivity index (χ1v) is 14.0. The number of likely N-dealkylation sites (tertiary alicyclic amines) is 1. The van der Waals surface area contributed by atoms with E-state index in [4.69, 9.17) is 18.9 Å². The Morgan fingerprint density at radius 3 is 2.42 bits per heavy atom. The fourth-order valence-corrected chi connectivity index (χ4v) is 5.24. The second kappa shape index (κ2) is 12.3. The summed E-state index contributed by atoms with van der Waals surface area (Å²) >= 11 is 0. The van der Waals surface area contributed by atoms with Crippen LogP contribution in [0.1, 0.15) is 35.2 Å². The van der Waals surface area contributed by atoms with E-state index < -0.39 is 17.7 Å². The lowest BCUT2D eigenvalue weighted by Crippen LogP contribution is -2.29. The van der Waals surface area contributed by atoms with Crippen molar-refractivity contribution in [3.8, 4) is 23.0 Å². The molecule has 6 rings (SSSR count). The Balaban J connectivity index is 1.43. The van der Waals surface area contributed by atoms with Crippen LogP contribution < -0.4 is 18.9 Å². The number of ketones is 1. The second-order valence-corrected chi connectivity index (χ2v) is 10.1. The summed E-state index contributed by atoms with van der Waals surface area (Å²) in [6.45, 7) is 3.50. The molecule has 2 aliphatic heterocycles. The molecule has 43 heavy (non-hydrogen) atoms. The normalized spacial score (nSPS) is 17.1. The molecule has 0 aliphatic carbocycles. The number of hydrogen-bond acceptors (Lipinski definition) is 8. The molecule has 9 heteroatoms. The van der Waals surface area contributed by atoms with Gasteiger partial charge in [-0.3, -0.25) is 14.6 Å². The molecule has 0 spiro atoms. The van der Waals surface area contributed by atoms with Gasteiger partial charge in [-0.1, -0.05) is 36.4 Å². The Morgan fingerprint density at radius 1 is 0.884 bits per heavy atom. The first-order valence-electron chi connectivity index (χ1n) is 14.0.